The van der Waals surface area contributed by atoms with Crippen LogP contribution in [-0.2, 0) is 0 Å². The van der Waals surface area contributed by atoms with E-state index in [0.29, 0.717) is 0 Å². The summed E-state index contributed by atoms with van der Waals surface area (Å²) in [6, 6.07) is 10.0. The fraction of sp³-hybridized carbons (Fsp3) is 0.312. The number of hydrogen-bond acceptors (Lipinski definition) is 2. The second-order valence-corrected chi connectivity index (χ2v) is 4.86. The summed E-state index contributed by atoms with van der Waals surface area (Å²) in [7, 11) is 0. The largest absolute Gasteiger partial charge is 0.388 e. The van der Waals surface area contributed by atoms with Gasteiger partial charge in [0.1, 0.15) is 0 Å². The molecule has 0 saturated carbocycles. The minimum absolute atomic E-state index is 0.0649. The molecule has 0 aliphatic carbocycles. The molecule has 0 bridgehead atoms. The number of aliphatic hydroxyl groups excluding tert-OH is 1. The maximum atomic E-state index is 10.4. The Morgan fingerprint density at radius 1 is 0.944 bits per heavy atom. The molecule has 0 spiro atoms. The Morgan fingerprint density at radius 2 is 1.61 bits per heavy atom. The quantitative estimate of drug-likeness (QED) is 0.891. The van der Waals surface area contributed by atoms with Crippen LogP contribution in [0.15, 0.2) is 42.7 Å². The van der Waals surface area contributed by atoms with Crippen LogP contribution in [-0.4, -0.2) is 10.1 Å². The standard InChI is InChI=1S/C16H19NO/c1-11-4-5-15(10-12(11)2)16(18)13(3)14-6-8-17-9-7-14/h4-10,13,16,18H,1-3H3. The average molecular weight is 241 g/mol. The first kappa shape index (κ1) is 12.8. The zero-order valence-corrected chi connectivity index (χ0v) is 11.1. The Labute approximate surface area is 108 Å². The highest BCUT2D eigenvalue weighted by atomic mass is 16.3. The van der Waals surface area contributed by atoms with Gasteiger partial charge in [0.25, 0.3) is 0 Å². The van der Waals surface area contributed by atoms with Crippen LogP contribution in [0.5, 0.6) is 0 Å². The van der Waals surface area contributed by atoms with Crippen LogP contribution in [0, 0.1) is 13.8 Å². The molecule has 0 amide bonds. The number of hydrogen-bond donors (Lipinski definition) is 1. The van der Waals surface area contributed by atoms with Crippen molar-refractivity contribution in [3.05, 3.63) is 65.0 Å². The lowest BCUT2D eigenvalue weighted by Crippen LogP contribution is -2.08. The molecule has 0 aliphatic rings. The first-order chi connectivity index (χ1) is 8.59. The molecule has 0 fully saturated rings. The van der Waals surface area contributed by atoms with Gasteiger partial charge in [-0.05, 0) is 48.2 Å². The highest BCUT2D eigenvalue weighted by Crippen LogP contribution is 2.30. The molecule has 1 aromatic heterocycles. The first-order valence-corrected chi connectivity index (χ1v) is 6.24. The van der Waals surface area contributed by atoms with Crippen molar-refractivity contribution in [2.24, 2.45) is 0 Å². The van der Waals surface area contributed by atoms with Gasteiger partial charge >= 0.3 is 0 Å². The Balaban J connectivity index is 2.25. The van der Waals surface area contributed by atoms with Crippen LogP contribution in [0.3, 0.4) is 0 Å². The van der Waals surface area contributed by atoms with Crippen LogP contribution >= 0.6 is 0 Å². The Hall–Kier alpha value is -1.67. The van der Waals surface area contributed by atoms with Gasteiger partial charge in [0, 0.05) is 18.3 Å². The lowest BCUT2D eigenvalue weighted by Gasteiger charge is -2.20. The van der Waals surface area contributed by atoms with Crippen LogP contribution in [0.1, 0.15) is 41.2 Å². The van der Waals surface area contributed by atoms with Gasteiger partial charge in [-0.3, -0.25) is 4.98 Å². The van der Waals surface area contributed by atoms with Gasteiger partial charge in [-0.25, -0.2) is 0 Å². The monoisotopic (exact) mass is 241 g/mol. The van der Waals surface area contributed by atoms with Gasteiger partial charge in [-0.15, -0.1) is 0 Å². The van der Waals surface area contributed by atoms with Crippen molar-refractivity contribution in [1.29, 1.82) is 0 Å². The van der Waals surface area contributed by atoms with Crippen molar-refractivity contribution in [3.8, 4) is 0 Å². The van der Waals surface area contributed by atoms with Gasteiger partial charge in [0.05, 0.1) is 6.10 Å². The molecule has 94 valence electrons. The summed E-state index contributed by atoms with van der Waals surface area (Å²) >= 11 is 0. The fourth-order valence-electron chi connectivity index (χ4n) is 2.09. The van der Waals surface area contributed by atoms with E-state index in [-0.39, 0.29) is 5.92 Å². The van der Waals surface area contributed by atoms with Crippen molar-refractivity contribution >= 4 is 0 Å². The molecule has 18 heavy (non-hydrogen) atoms. The van der Waals surface area contributed by atoms with E-state index in [2.05, 4.69) is 31.0 Å². The Kier molecular flexibility index (Phi) is 3.78. The number of pyridine rings is 1. The summed E-state index contributed by atoms with van der Waals surface area (Å²) in [4.78, 5) is 4.00. The summed E-state index contributed by atoms with van der Waals surface area (Å²) in [5.74, 6) is 0.0649. The summed E-state index contributed by atoms with van der Waals surface area (Å²) in [6.07, 6.45) is 3.05. The molecule has 1 N–H and O–H groups in total. The molecule has 1 heterocycles. The third kappa shape index (κ3) is 2.59. The SMILES string of the molecule is Cc1ccc(C(O)C(C)c2ccncc2)cc1C. The molecule has 2 atom stereocenters. The molecule has 2 aromatic rings. The number of rotatable bonds is 3. The van der Waals surface area contributed by atoms with E-state index in [1.807, 2.05) is 25.1 Å². The average Bonchev–Trinajstić information content (AvgIpc) is 2.41. The highest BCUT2D eigenvalue weighted by molar-refractivity contribution is 5.33. The number of aryl methyl sites for hydroxylation is 2. The Morgan fingerprint density at radius 3 is 2.22 bits per heavy atom. The zero-order valence-electron chi connectivity index (χ0n) is 11.1. The normalized spacial score (nSPS) is 14.2. The van der Waals surface area contributed by atoms with Gasteiger partial charge in [-0.1, -0.05) is 25.1 Å². The van der Waals surface area contributed by atoms with E-state index in [9.17, 15) is 5.11 Å². The predicted molar refractivity (Wildman–Crippen MR) is 73.5 cm³/mol. The minimum Gasteiger partial charge on any atom is -0.388 e. The summed E-state index contributed by atoms with van der Waals surface area (Å²) in [5.41, 5.74) is 4.55. The van der Waals surface area contributed by atoms with E-state index < -0.39 is 6.10 Å². The summed E-state index contributed by atoms with van der Waals surface area (Å²) in [5, 5.41) is 10.4. The van der Waals surface area contributed by atoms with Gasteiger partial charge in [0.15, 0.2) is 0 Å². The molecule has 1 aromatic carbocycles. The number of aliphatic hydroxyl groups is 1. The molecule has 0 radical (unpaired) electrons. The van der Waals surface area contributed by atoms with Crippen molar-refractivity contribution in [2.75, 3.05) is 0 Å². The molecule has 2 unspecified atom stereocenters. The Bertz CT molecular complexity index is 522. The van der Waals surface area contributed by atoms with E-state index in [1.54, 1.807) is 12.4 Å². The number of nitrogens with zero attached hydrogens (tertiary/aromatic N) is 1. The minimum atomic E-state index is -0.480. The summed E-state index contributed by atoms with van der Waals surface area (Å²) < 4.78 is 0. The molecule has 2 heteroatoms. The molecular formula is C16H19NO. The molecular weight excluding hydrogens is 222 g/mol. The molecule has 2 nitrogen and oxygen atoms in total. The van der Waals surface area contributed by atoms with Crippen LogP contribution < -0.4 is 0 Å². The van der Waals surface area contributed by atoms with Gasteiger partial charge < -0.3 is 5.11 Å². The highest BCUT2D eigenvalue weighted by Gasteiger charge is 2.18. The number of benzene rings is 1. The van der Waals surface area contributed by atoms with Gasteiger partial charge in [0.2, 0.25) is 0 Å². The van der Waals surface area contributed by atoms with Crippen molar-refractivity contribution in [1.82, 2.24) is 4.98 Å². The van der Waals surface area contributed by atoms with Crippen molar-refractivity contribution < 1.29 is 5.11 Å². The second-order valence-electron chi connectivity index (χ2n) is 4.86. The van der Waals surface area contributed by atoms with Crippen molar-refractivity contribution in [2.45, 2.75) is 32.8 Å². The number of aromatic nitrogens is 1. The summed E-state index contributed by atoms with van der Waals surface area (Å²) in [6.45, 7) is 6.19. The van der Waals surface area contributed by atoms with E-state index in [1.165, 1.54) is 11.1 Å². The predicted octanol–water partition coefficient (Wildman–Crippen LogP) is 3.54. The second kappa shape index (κ2) is 5.32. The van der Waals surface area contributed by atoms with Crippen LogP contribution in [0.2, 0.25) is 0 Å². The molecule has 2 rings (SSSR count). The third-order valence-corrected chi connectivity index (χ3v) is 3.58. The first-order valence-electron chi connectivity index (χ1n) is 6.24. The van der Waals surface area contributed by atoms with E-state index >= 15 is 0 Å². The topological polar surface area (TPSA) is 33.1 Å². The van der Waals surface area contributed by atoms with Gasteiger partial charge in [-0.2, -0.15) is 0 Å². The van der Waals surface area contributed by atoms with Crippen LogP contribution in [0.4, 0.5) is 0 Å². The lowest BCUT2D eigenvalue weighted by molar-refractivity contribution is 0.151. The lowest BCUT2D eigenvalue weighted by atomic mass is 9.90. The van der Waals surface area contributed by atoms with Crippen LogP contribution in [0.25, 0.3) is 0 Å². The maximum absolute atomic E-state index is 10.4. The fourth-order valence-corrected chi connectivity index (χ4v) is 2.09. The zero-order chi connectivity index (χ0) is 13.1. The van der Waals surface area contributed by atoms with E-state index in [4.69, 9.17) is 0 Å². The maximum Gasteiger partial charge on any atom is 0.0855 e. The van der Waals surface area contributed by atoms with E-state index in [0.717, 1.165) is 11.1 Å². The third-order valence-electron chi connectivity index (χ3n) is 3.58. The molecule has 0 aliphatic heterocycles. The molecule has 0 saturated heterocycles. The smallest absolute Gasteiger partial charge is 0.0855 e. The van der Waals surface area contributed by atoms with Crippen molar-refractivity contribution in [3.63, 3.8) is 0 Å².